The zero-order chi connectivity index (χ0) is 10.4. The van der Waals surface area contributed by atoms with Crippen molar-refractivity contribution in [2.75, 3.05) is 11.4 Å². The van der Waals surface area contributed by atoms with Crippen molar-refractivity contribution < 1.29 is 0 Å². The molecule has 0 spiro atoms. The van der Waals surface area contributed by atoms with Gasteiger partial charge in [0, 0.05) is 12.2 Å². The molecule has 0 unspecified atom stereocenters. The van der Waals surface area contributed by atoms with E-state index in [9.17, 15) is 0 Å². The first-order valence-corrected chi connectivity index (χ1v) is 5.03. The van der Waals surface area contributed by atoms with Crippen LogP contribution in [-0.2, 0) is 0 Å². The van der Waals surface area contributed by atoms with Gasteiger partial charge in [0.15, 0.2) is 0 Å². The normalized spacial score (nSPS) is 9.14. The zero-order valence-electron chi connectivity index (χ0n) is 7.55. The van der Waals surface area contributed by atoms with Crippen LogP contribution in [0.2, 0.25) is 0 Å². The highest BCUT2D eigenvalue weighted by Gasteiger charge is 2.07. The van der Waals surface area contributed by atoms with Crippen molar-refractivity contribution in [1.82, 2.24) is 0 Å². The van der Waals surface area contributed by atoms with E-state index in [-0.39, 0.29) is 0 Å². The molecule has 2 nitrogen and oxygen atoms in total. The third-order valence-electron chi connectivity index (χ3n) is 1.75. The van der Waals surface area contributed by atoms with Gasteiger partial charge in [0.2, 0.25) is 0 Å². The Labute approximate surface area is 94.6 Å². The molecule has 4 heteroatoms. The smallest absolute Gasteiger partial charge is 0.137 e. The number of hydrogen-bond donors (Lipinski definition) is 1. The summed E-state index contributed by atoms with van der Waals surface area (Å²) < 4.78 is 0.492. The predicted molar refractivity (Wildman–Crippen MR) is 65.6 cm³/mol. The summed E-state index contributed by atoms with van der Waals surface area (Å²) in [6.45, 7) is 0.586. The van der Waals surface area contributed by atoms with Gasteiger partial charge in [0.25, 0.3) is 0 Å². The van der Waals surface area contributed by atoms with Gasteiger partial charge in [-0.2, -0.15) is 5.26 Å². The number of thiocarbonyl (C=S) groups is 1. The van der Waals surface area contributed by atoms with E-state index in [0.29, 0.717) is 17.3 Å². The van der Waals surface area contributed by atoms with E-state index in [0.717, 1.165) is 5.69 Å². The molecule has 1 rings (SSSR count). The van der Waals surface area contributed by atoms with E-state index in [1.165, 1.54) is 0 Å². The number of nitriles is 1. The van der Waals surface area contributed by atoms with Crippen LogP contribution in [0.1, 0.15) is 6.42 Å². The summed E-state index contributed by atoms with van der Waals surface area (Å²) in [5, 5.41) is 8.50. The number of anilines is 1. The Kier molecular flexibility index (Phi) is 4.44. The van der Waals surface area contributed by atoms with Gasteiger partial charge in [-0.15, -0.1) is 12.6 Å². The van der Waals surface area contributed by atoms with Crippen LogP contribution >= 0.6 is 24.8 Å². The average Bonchev–Trinajstić information content (AvgIpc) is 2.19. The van der Waals surface area contributed by atoms with E-state index in [4.69, 9.17) is 17.5 Å². The van der Waals surface area contributed by atoms with Crippen molar-refractivity contribution in [3.8, 4) is 6.07 Å². The molecule has 0 aliphatic rings. The van der Waals surface area contributed by atoms with E-state index < -0.39 is 0 Å². The maximum Gasteiger partial charge on any atom is 0.137 e. The monoisotopic (exact) mass is 222 g/mol. The van der Waals surface area contributed by atoms with Crippen LogP contribution in [0.15, 0.2) is 30.3 Å². The summed E-state index contributed by atoms with van der Waals surface area (Å²) in [5.74, 6) is 0. The Morgan fingerprint density at radius 3 is 2.57 bits per heavy atom. The highest BCUT2D eigenvalue weighted by Crippen LogP contribution is 2.15. The van der Waals surface area contributed by atoms with Crippen molar-refractivity contribution in [3.05, 3.63) is 30.3 Å². The third-order valence-corrected chi connectivity index (χ3v) is 2.21. The van der Waals surface area contributed by atoms with Gasteiger partial charge in [-0.05, 0) is 12.1 Å². The van der Waals surface area contributed by atoms with Gasteiger partial charge >= 0.3 is 0 Å². The Balaban J connectivity index is 2.79. The summed E-state index contributed by atoms with van der Waals surface area (Å²) >= 11 is 9.12. The lowest BCUT2D eigenvalue weighted by molar-refractivity contribution is 0.987. The molecule has 1 aromatic carbocycles. The molecule has 14 heavy (non-hydrogen) atoms. The number of hydrogen-bond acceptors (Lipinski definition) is 2. The van der Waals surface area contributed by atoms with Gasteiger partial charge in [0.05, 0.1) is 12.5 Å². The van der Waals surface area contributed by atoms with Gasteiger partial charge < -0.3 is 4.90 Å². The molecule has 0 radical (unpaired) electrons. The zero-order valence-corrected chi connectivity index (χ0v) is 9.26. The topological polar surface area (TPSA) is 27.0 Å². The standard InChI is InChI=1S/C10H10N2S2/c11-7-4-8-12(10(13)14)9-5-2-1-3-6-9/h1-3,5-6H,4,8H2,(H,13,14). The second-order valence-corrected chi connectivity index (χ2v) is 3.79. The Morgan fingerprint density at radius 2 is 2.07 bits per heavy atom. The third kappa shape index (κ3) is 3.02. The minimum Gasteiger partial charge on any atom is -0.326 e. The van der Waals surface area contributed by atoms with Gasteiger partial charge in [0.1, 0.15) is 4.32 Å². The molecule has 0 aromatic heterocycles. The van der Waals surface area contributed by atoms with E-state index >= 15 is 0 Å². The van der Waals surface area contributed by atoms with Crippen molar-refractivity contribution in [2.24, 2.45) is 0 Å². The molecular formula is C10H10N2S2. The minimum atomic E-state index is 0.440. The maximum absolute atomic E-state index is 8.50. The molecule has 0 aliphatic heterocycles. The second kappa shape index (κ2) is 5.63. The van der Waals surface area contributed by atoms with Crippen LogP contribution in [0, 0.1) is 11.3 Å². The Morgan fingerprint density at radius 1 is 1.43 bits per heavy atom. The fraction of sp³-hybridized carbons (Fsp3) is 0.200. The summed E-state index contributed by atoms with van der Waals surface area (Å²) in [5.41, 5.74) is 0.975. The fourth-order valence-corrected chi connectivity index (χ4v) is 1.52. The lowest BCUT2D eigenvalue weighted by atomic mass is 10.3. The highest BCUT2D eigenvalue weighted by atomic mass is 32.1. The first-order chi connectivity index (χ1) is 6.75. The molecule has 0 fully saturated rings. The van der Waals surface area contributed by atoms with Crippen LogP contribution in [0.3, 0.4) is 0 Å². The van der Waals surface area contributed by atoms with Crippen LogP contribution in [-0.4, -0.2) is 10.9 Å². The van der Waals surface area contributed by atoms with Crippen molar-refractivity contribution in [1.29, 1.82) is 5.26 Å². The van der Waals surface area contributed by atoms with Crippen molar-refractivity contribution in [2.45, 2.75) is 6.42 Å². The van der Waals surface area contributed by atoms with Crippen molar-refractivity contribution >= 4 is 34.9 Å². The molecule has 0 N–H and O–H groups in total. The number of nitrogens with zero attached hydrogens (tertiary/aromatic N) is 2. The molecule has 1 aromatic rings. The fourth-order valence-electron chi connectivity index (χ4n) is 1.10. The summed E-state index contributed by atoms with van der Waals surface area (Å²) in [7, 11) is 0. The Bertz CT molecular complexity index is 343. The van der Waals surface area contributed by atoms with Crippen LogP contribution in [0.4, 0.5) is 5.69 Å². The molecular weight excluding hydrogens is 212 g/mol. The maximum atomic E-state index is 8.50. The SMILES string of the molecule is N#CCCN(C(=S)S)c1ccccc1. The molecule has 0 heterocycles. The quantitative estimate of drug-likeness (QED) is 0.629. The summed E-state index contributed by atoms with van der Waals surface area (Å²) in [6, 6.07) is 11.8. The number of para-hydroxylation sites is 1. The summed E-state index contributed by atoms with van der Waals surface area (Å²) in [4.78, 5) is 1.83. The highest BCUT2D eigenvalue weighted by molar-refractivity contribution is 8.11. The van der Waals surface area contributed by atoms with E-state index in [2.05, 4.69) is 18.7 Å². The lowest BCUT2D eigenvalue weighted by Gasteiger charge is -2.21. The van der Waals surface area contributed by atoms with Gasteiger partial charge in [-0.25, -0.2) is 0 Å². The second-order valence-electron chi connectivity index (χ2n) is 2.68. The lowest BCUT2D eigenvalue weighted by Crippen LogP contribution is -2.26. The largest absolute Gasteiger partial charge is 0.326 e. The first kappa shape index (κ1) is 11.0. The van der Waals surface area contributed by atoms with Crippen LogP contribution in [0.25, 0.3) is 0 Å². The Hall–Kier alpha value is -1.05. The molecule has 0 atom stereocenters. The summed E-state index contributed by atoms with van der Waals surface area (Å²) in [6.07, 6.45) is 0.440. The average molecular weight is 222 g/mol. The van der Waals surface area contributed by atoms with Crippen molar-refractivity contribution in [3.63, 3.8) is 0 Å². The van der Waals surface area contributed by atoms with Gasteiger partial charge in [-0.1, -0.05) is 30.4 Å². The molecule has 72 valence electrons. The molecule has 0 amide bonds. The van der Waals surface area contributed by atoms with Gasteiger partial charge in [-0.3, -0.25) is 0 Å². The molecule has 0 aliphatic carbocycles. The number of rotatable bonds is 3. The van der Waals surface area contributed by atoms with E-state index in [1.807, 2.05) is 35.2 Å². The molecule has 0 saturated carbocycles. The number of thiol groups is 1. The number of benzene rings is 1. The van der Waals surface area contributed by atoms with Crippen LogP contribution < -0.4 is 4.90 Å². The molecule has 0 saturated heterocycles. The molecule has 0 bridgehead atoms. The predicted octanol–water partition coefficient (Wildman–Crippen LogP) is 2.62. The first-order valence-electron chi connectivity index (χ1n) is 4.18. The minimum absolute atomic E-state index is 0.440. The van der Waals surface area contributed by atoms with E-state index in [1.54, 1.807) is 0 Å². The van der Waals surface area contributed by atoms with Crippen LogP contribution in [0.5, 0.6) is 0 Å².